The van der Waals surface area contributed by atoms with Gasteiger partial charge in [0.15, 0.2) is 0 Å². The maximum Gasteiger partial charge on any atom is 0.143 e. The largest absolute Gasteiger partial charge is 0.455 e. The molecule has 0 bridgehead atoms. The fourth-order valence-electron chi connectivity index (χ4n) is 9.14. The lowest BCUT2D eigenvalue weighted by Crippen LogP contribution is -2.31. The summed E-state index contributed by atoms with van der Waals surface area (Å²) in [4.78, 5) is 0. The standard InChI is InChI=1S/C52H32OS/c1-2-11-32-26-37(21-20-31(32)10-1)51-41-17-5-3-15-39(41)50(40-16-4-6-18-42(40)51)36-13-9-12-33(27-36)34-23-25-48-45(28-34)46-30-44-35(29-49(46)54-48)22-24-43-38-14-7-8-19-47(38)53-52(43)44/h1-3,5,7-30H,4,6H2. The van der Waals surface area contributed by atoms with Gasteiger partial charge in [0.1, 0.15) is 11.2 Å². The molecule has 1 aliphatic carbocycles. The van der Waals surface area contributed by atoms with Gasteiger partial charge in [0.2, 0.25) is 0 Å². The summed E-state index contributed by atoms with van der Waals surface area (Å²) in [6.45, 7) is 0. The molecule has 0 fully saturated rings. The Balaban J connectivity index is 1.04. The average Bonchev–Trinajstić information content (AvgIpc) is 3.79. The highest BCUT2D eigenvalue weighted by molar-refractivity contribution is 7.25. The van der Waals surface area contributed by atoms with Crippen molar-refractivity contribution < 1.29 is 4.42 Å². The molecule has 0 aliphatic heterocycles. The maximum absolute atomic E-state index is 6.47. The van der Waals surface area contributed by atoms with Gasteiger partial charge in [-0.1, -0.05) is 121 Å². The monoisotopic (exact) mass is 704 g/mol. The molecular formula is C52H32OS. The van der Waals surface area contributed by atoms with E-state index in [9.17, 15) is 0 Å². The summed E-state index contributed by atoms with van der Waals surface area (Å²) in [7, 11) is 0. The van der Waals surface area contributed by atoms with E-state index in [1.807, 2.05) is 17.4 Å². The third-order valence-corrected chi connectivity index (χ3v) is 12.8. The van der Waals surface area contributed by atoms with E-state index in [2.05, 4.69) is 164 Å². The molecule has 11 aromatic rings. The van der Waals surface area contributed by atoms with E-state index in [1.165, 1.54) is 107 Å². The molecule has 2 heterocycles. The highest BCUT2D eigenvalue weighted by atomic mass is 32.1. The van der Waals surface area contributed by atoms with Gasteiger partial charge < -0.3 is 4.42 Å². The third kappa shape index (κ3) is 4.44. The summed E-state index contributed by atoms with van der Waals surface area (Å²) in [6, 6.07) is 58.3. The lowest BCUT2D eigenvalue weighted by Gasteiger charge is -2.18. The minimum absolute atomic E-state index is 0.935. The van der Waals surface area contributed by atoms with Gasteiger partial charge in [0, 0.05) is 36.3 Å². The van der Waals surface area contributed by atoms with E-state index < -0.39 is 0 Å². The molecular weight excluding hydrogens is 673 g/mol. The average molecular weight is 705 g/mol. The van der Waals surface area contributed by atoms with Crippen molar-refractivity contribution in [2.24, 2.45) is 0 Å². The van der Waals surface area contributed by atoms with Crippen LogP contribution in [-0.2, 0) is 0 Å². The van der Waals surface area contributed by atoms with Crippen molar-refractivity contribution in [2.45, 2.75) is 12.8 Å². The number of hydrogen-bond acceptors (Lipinski definition) is 2. The second-order valence-electron chi connectivity index (χ2n) is 14.7. The zero-order chi connectivity index (χ0) is 35.3. The maximum atomic E-state index is 6.47. The summed E-state index contributed by atoms with van der Waals surface area (Å²) >= 11 is 1.87. The SMILES string of the molecule is C1=c2c(-c3cccc(-c4ccc5sc6cc7ccc8c9ccccc9oc8c7cc6c5c4)c3)c3ccccc3c(-c3ccc4ccccc4c3)c2=CCC1. The number of fused-ring (bicyclic) bond motifs is 11. The van der Waals surface area contributed by atoms with Crippen molar-refractivity contribution in [3.8, 4) is 33.4 Å². The van der Waals surface area contributed by atoms with E-state index >= 15 is 0 Å². The first-order valence-electron chi connectivity index (χ1n) is 18.8. The number of hydrogen-bond donors (Lipinski definition) is 0. The van der Waals surface area contributed by atoms with Crippen molar-refractivity contribution >= 4 is 97.9 Å². The fourth-order valence-corrected chi connectivity index (χ4v) is 10.3. The molecule has 0 saturated carbocycles. The molecule has 12 rings (SSSR count). The molecule has 54 heavy (non-hydrogen) atoms. The molecule has 2 aromatic heterocycles. The van der Waals surface area contributed by atoms with Crippen molar-refractivity contribution in [1.29, 1.82) is 0 Å². The summed E-state index contributed by atoms with van der Waals surface area (Å²) in [5.74, 6) is 0. The Morgan fingerprint density at radius 1 is 0.370 bits per heavy atom. The van der Waals surface area contributed by atoms with Crippen LogP contribution >= 0.6 is 11.3 Å². The van der Waals surface area contributed by atoms with Gasteiger partial charge in [0.25, 0.3) is 0 Å². The number of benzene rings is 9. The van der Waals surface area contributed by atoms with Crippen molar-refractivity contribution in [2.75, 3.05) is 0 Å². The predicted octanol–water partition coefficient (Wildman–Crippen LogP) is 13.8. The fraction of sp³-hybridized carbons (Fsp3) is 0.0385. The van der Waals surface area contributed by atoms with E-state index in [-0.39, 0.29) is 0 Å². The van der Waals surface area contributed by atoms with Crippen LogP contribution in [0.3, 0.4) is 0 Å². The predicted molar refractivity (Wildman–Crippen MR) is 233 cm³/mol. The van der Waals surface area contributed by atoms with E-state index in [1.54, 1.807) is 0 Å². The molecule has 0 N–H and O–H groups in total. The topological polar surface area (TPSA) is 13.1 Å². The normalized spacial score (nSPS) is 13.0. The lowest BCUT2D eigenvalue weighted by molar-refractivity contribution is 0.673. The van der Waals surface area contributed by atoms with Crippen LogP contribution in [0.25, 0.3) is 120 Å². The van der Waals surface area contributed by atoms with E-state index in [4.69, 9.17) is 4.42 Å². The van der Waals surface area contributed by atoms with Crippen LogP contribution in [0, 0.1) is 0 Å². The first kappa shape index (κ1) is 30.0. The van der Waals surface area contributed by atoms with Crippen LogP contribution in [0.1, 0.15) is 12.8 Å². The zero-order valence-corrected chi connectivity index (χ0v) is 30.2. The van der Waals surface area contributed by atoms with Crippen LogP contribution in [0.4, 0.5) is 0 Å². The summed E-state index contributed by atoms with van der Waals surface area (Å²) in [6.07, 6.45) is 7.04. The Labute approximate surface area is 315 Å². The highest BCUT2D eigenvalue weighted by Crippen LogP contribution is 2.42. The van der Waals surface area contributed by atoms with Crippen LogP contribution in [0.2, 0.25) is 0 Å². The first-order chi connectivity index (χ1) is 26.7. The molecule has 0 saturated heterocycles. The first-order valence-corrected chi connectivity index (χ1v) is 19.6. The van der Waals surface area contributed by atoms with Gasteiger partial charge in [-0.15, -0.1) is 11.3 Å². The Kier molecular flexibility index (Phi) is 6.40. The Hall–Kier alpha value is -6.48. The smallest absolute Gasteiger partial charge is 0.143 e. The number of furan rings is 1. The van der Waals surface area contributed by atoms with Crippen molar-refractivity contribution in [3.05, 3.63) is 168 Å². The van der Waals surface area contributed by atoms with Gasteiger partial charge in [-0.25, -0.2) is 0 Å². The molecule has 0 spiro atoms. The summed E-state index contributed by atoms with van der Waals surface area (Å²) < 4.78 is 9.07. The van der Waals surface area contributed by atoms with Gasteiger partial charge in [-0.2, -0.15) is 0 Å². The molecule has 1 nitrogen and oxygen atoms in total. The minimum atomic E-state index is 0.935. The summed E-state index contributed by atoms with van der Waals surface area (Å²) in [5, 5.41) is 15.1. The van der Waals surface area contributed by atoms with Crippen LogP contribution in [0.5, 0.6) is 0 Å². The van der Waals surface area contributed by atoms with E-state index in [0.717, 1.165) is 24.0 Å². The van der Waals surface area contributed by atoms with Crippen LogP contribution in [-0.4, -0.2) is 0 Å². The van der Waals surface area contributed by atoms with Crippen LogP contribution in [0.15, 0.2) is 162 Å². The van der Waals surface area contributed by atoms with Gasteiger partial charge in [0.05, 0.1) is 0 Å². The Morgan fingerprint density at radius 3 is 1.85 bits per heavy atom. The number of rotatable bonds is 3. The molecule has 0 atom stereocenters. The lowest BCUT2D eigenvalue weighted by atomic mass is 9.85. The zero-order valence-electron chi connectivity index (χ0n) is 29.4. The second kappa shape index (κ2) is 11.5. The molecule has 0 radical (unpaired) electrons. The van der Waals surface area contributed by atoms with Gasteiger partial charge in [-0.3, -0.25) is 0 Å². The minimum Gasteiger partial charge on any atom is -0.455 e. The summed E-state index contributed by atoms with van der Waals surface area (Å²) in [5.41, 5.74) is 9.55. The third-order valence-electron chi connectivity index (χ3n) is 11.6. The van der Waals surface area contributed by atoms with Crippen molar-refractivity contribution in [1.82, 2.24) is 0 Å². The van der Waals surface area contributed by atoms with Gasteiger partial charge in [-0.05, 0) is 132 Å². The second-order valence-corrected chi connectivity index (χ2v) is 15.8. The number of para-hydroxylation sites is 1. The quantitative estimate of drug-likeness (QED) is 0.178. The van der Waals surface area contributed by atoms with Crippen molar-refractivity contribution in [3.63, 3.8) is 0 Å². The van der Waals surface area contributed by atoms with E-state index in [0.29, 0.717) is 0 Å². The molecule has 252 valence electrons. The Morgan fingerprint density at radius 2 is 1.02 bits per heavy atom. The number of thiophene rings is 1. The molecule has 1 aliphatic rings. The van der Waals surface area contributed by atoms with Gasteiger partial charge >= 0.3 is 0 Å². The molecule has 2 heteroatoms. The van der Waals surface area contributed by atoms with Crippen LogP contribution < -0.4 is 10.4 Å². The molecule has 0 unspecified atom stereocenters. The highest BCUT2D eigenvalue weighted by Gasteiger charge is 2.18. The molecule has 0 amide bonds. The molecule has 9 aromatic carbocycles. The Bertz CT molecular complexity index is 3510.